The van der Waals surface area contributed by atoms with Crippen molar-refractivity contribution in [1.29, 1.82) is 0 Å². The Morgan fingerprint density at radius 2 is 2.07 bits per heavy atom. The van der Waals surface area contributed by atoms with Gasteiger partial charge in [-0.15, -0.1) is 0 Å². The van der Waals surface area contributed by atoms with Crippen LogP contribution in [0.15, 0.2) is 37.8 Å². The first-order valence-electron chi connectivity index (χ1n) is 7.63. The molecule has 0 bridgehead atoms. The van der Waals surface area contributed by atoms with E-state index >= 15 is 0 Å². The Hall–Kier alpha value is -4.02. The van der Waals surface area contributed by atoms with Crippen LogP contribution in [0.1, 0.15) is 11.3 Å². The molecule has 0 saturated heterocycles. The van der Waals surface area contributed by atoms with Gasteiger partial charge in [0.15, 0.2) is 0 Å². The Labute approximate surface area is 151 Å². The third kappa shape index (κ3) is 3.81. The van der Waals surface area contributed by atoms with Crippen LogP contribution in [0.5, 0.6) is 11.6 Å². The number of hydrogen-bond donors (Lipinski definition) is 4. The number of nitrogens with two attached hydrogens (primary N) is 1. The zero-order chi connectivity index (χ0) is 19.6. The number of rotatable bonds is 3. The van der Waals surface area contributed by atoms with Crippen LogP contribution in [0.4, 0.5) is 5.95 Å². The number of aliphatic imine (C=N–C) groups is 2. The monoisotopic (exact) mass is 369 g/mol. The summed E-state index contributed by atoms with van der Waals surface area (Å²) in [5.41, 5.74) is 5.10. The number of ether oxygens (including phenoxy) is 1. The van der Waals surface area contributed by atoms with Crippen LogP contribution < -0.4 is 21.7 Å². The van der Waals surface area contributed by atoms with E-state index in [2.05, 4.69) is 20.0 Å². The second-order valence-corrected chi connectivity index (χ2v) is 5.39. The molecule has 5 N–H and O–H groups in total. The van der Waals surface area contributed by atoms with Gasteiger partial charge in [0.25, 0.3) is 11.5 Å². The summed E-state index contributed by atoms with van der Waals surface area (Å²) >= 11 is 0. The molecule has 0 amide bonds. The number of guanidine groups is 1. The quantitative estimate of drug-likeness (QED) is 0.374. The Morgan fingerprint density at radius 1 is 1.30 bits per heavy atom. The van der Waals surface area contributed by atoms with Gasteiger partial charge in [0, 0.05) is 11.6 Å². The number of fused-ring (bicyclic) bond motifs is 1. The fraction of sp³-hybridized carbons (Fsp3) is 0.125. The lowest BCUT2D eigenvalue weighted by atomic mass is 10.2. The molecule has 3 rings (SSSR count). The van der Waals surface area contributed by atoms with Crippen LogP contribution in [-0.4, -0.2) is 44.3 Å². The predicted molar refractivity (Wildman–Crippen MR) is 99.1 cm³/mol. The molecule has 0 fully saturated rings. The number of aromatic nitrogens is 4. The van der Waals surface area contributed by atoms with Gasteiger partial charge < -0.3 is 15.6 Å². The maximum Gasteiger partial charge on any atom is 0.328 e. The number of nitrogens with zero attached hydrogens (tertiary/aromatic N) is 4. The molecule has 3 aromatic rings. The molecule has 1 aromatic carbocycles. The molecule has 2 aromatic heterocycles. The predicted octanol–water partition coefficient (Wildman–Crippen LogP) is 0.0943. The van der Waals surface area contributed by atoms with Crippen LogP contribution >= 0.6 is 0 Å². The Kier molecular flexibility index (Phi) is 4.66. The number of methoxy groups -OCH3 is 1. The van der Waals surface area contributed by atoms with Crippen LogP contribution in [0, 0.1) is 6.92 Å². The van der Waals surface area contributed by atoms with Crippen LogP contribution in [-0.2, 0) is 0 Å². The second kappa shape index (κ2) is 7.07. The third-order valence-electron chi connectivity index (χ3n) is 3.58. The van der Waals surface area contributed by atoms with Crippen molar-refractivity contribution in [3.8, 4) is 11.6 Å². The van der Waals surface area contributed by atoms with Gasteiger partial charge in [0.1, 0.15) is 11.3 Å². The summed E-state index contributed by atoms with van der Waals surface area (Å²) in [6, 6.07) is 5.33. The lowest BCUT2D eigenvalue weighted by Gasteiger charge is -2.05. The largest absolute Gasteiger partial charge is 0.497 e. The summed E-state index contributed by atoms with van der Waals surface area (Å²) in [6.07, 6.45) is 0.974. The molecule has 11 heteroatoms. The van der Waals surface area contributed by atoms with Gasteiger partial charge in [-0.2, -0.15) is 4.99 Å². The first-order valence-corrected chi connectivity index (χ1v) is 7.63. The van der Waals surface area contributed by atoms with E-state index in [0.29, 0.717) is 17.0 Å². The topological polar surface area (TPSA) is 172 Å². The summed E-state index contributed by atoms with van der Waals surface area (Å²) in [6.45, 7) is 1.79. The van der Waals surface area contributed by atoms with Crippen molar-refractivity contribution in [1.82, 2.24) is 19.9 Å². The van der Waals surface area contributed by atoms with Crippen molar-refractivity contribution in [3.05, 3.63) is 50.3 Å². The zero-order valence-corrected chi connectivity index (χ0v) is 14.3. The SMILES string of the molecule is COc1ccc2nc(/N=C(N)/N=C/c3c(O)[nH]c(=O)[nH]c3=O)nc(C)c2c1. The molecule has 0 spiro atoms. The molecule has 0 aliphatic rings. The molecule has 0 atom stereocenters. The lowest BCUT2D eigenvalue weighted by Crippen LogP contribution is -2.25. The number of H-pyrrole nitrogens is 2. The van der Waals surface area contributed by atoms with E-state index in [1.807, 2.05) is 16.0 Å². The average molecular weight is 369 g/mol. The van der Waals surface area contributed by atoms with Gasteiger partial charge in [0.05, 0.1) is 18.3 Å². The molecule has 11 nitrogen and oxygen atoms in total. The van der Waals surface area contributed by atoms with Gasteiger partial charge in [-0.3, -0.25) is 14.8 Å². The Bertz CT molecular complexity index is 1190. The van der Waals surface area contributed by atoms with Crippen LogP contribution in [0.3, 0.4) is 0 Å². The maximum absolute atomic E-state index is 11.6. The highest BCUT2D eigenvalue weighted by molar-refractivity contribution is 5.94. The minimum atomic E-state index is -0.840. The van der Waals surface area contributed by atoms with Crippen molar-refractivity contribution in [2.45, 2.75) is 6.92 Å². The molecule has 2 heterocycles. The number of aromatic amines is 2. The standard InChI is InChI=1S/C16H15N7O4/c1-7-9-5-8(27-2)3-4-11(9)20-15(19-7)23-14(17)18-6-10-12(24)21-16(26)22-13(10)25/h3-6H,1-2H3,(H2,17,19,20,23)(H3,21,22,24,25,26)/b18-6+. The fourth-order valence-electron chi connectivity index (χ4n) is 2.29. The van der Waals surface area contributed by atoms with E-state index in [-0.39, 0.29) is 17.5 Å². The maximum atomic E-state index is 11.6. The molecule has 138 valence electrons. The lowest BCUT2D eigenvalue weighted by molar-refractivity contribution is 0.415. The van der Waals surface area contributed by atoms with Gasteiger partial charge in [-0.25, -0.2) is 19.8 Å². The van der Waals surface area contributed by atoms with Crippen molar-refractivity contribution >= 4 is 29.0 Å². The fourth-order valence-corrected chi connectivity index (χ4v) is 2.29. The first-order chi connectivity index (χ1) is 12.9. The van der Waals surface area contributed by atoms with E-state index < -0.39 is 17.1 Å². The number of aryl methyl sites for hydroxylation is 1. The molecular weight excluding hydrogens is 354 g/mol. The molecule has 0 radical (unpaired) electrons. The van der Waals surface area contributed by atoms with Gasteiger partial charge in [0.2, 0.25) is 11.8 Å². The third-order valence-corrected chi connectivity index (χ3v) is 3.58. The van der Waals surface area contributed by atoms with Gasteiger partial charge >= 0.3 is 5.69 Å². The highest BCUT2D eigenvalue weighted by Crippen LogP contribution is 2.23. The van der Waals surface area contributed by atoms with E-state index in [9.17, 15) is 14.7 Å². The number of benzene rings is 1. The van der Waals surface area contributed by atoms with E-state index in [1.54, 1.807) is 26.2 Å². The van der Waals surface area contributed by atoms with Crippen molar-refractivity contribution < 1.29 is 9.84 Å². The van der Waals surface area contributed by atoms with Crippen molar-refractivity contribution in [3.63, 3.8) is 0 Å². The summed E-state index contributed by atoms with van der Waals surface area (Å²) in [7, 11) is 1.57. The van der Waals surface area contributed by atoms with Crippen molar-refractivity contribution in [2.24, 2.45) is 15.7 Å². The summed E-state index contributed by atoms with van der Waals surface area (Å²) < 4.78 is 5.18. The summed E-state index contributed by atoms with van der Waals surface area (Å²) in [4.78, 5) is 42.9. The summed E-state index contributed by atoms with van der Waals surface area (Å²) in [5, 5.41) is 10.4. The number of nitrogens with one attached hydrogen (secondary N) is 2. The average Bonchev–Trinajstić information content (AvgIpc) is 2.60. The smallest absolute Gasteiger partial charge is 0.328 e. The minimum Gasteiger partial charge on any atom is -0.497 e. The Morgan fingerprint density at radius 3 is 2.78 bits per heavy atom. The van der Waals surface area contributed by atoms with Crippen LogP contribution in [0.25, 0.3) is 10.9 Å². The zero-order valence-electron chi connectivity index (χ0n) is 14.3. The molecule has 27 heavy (non-hydrogen) atoms. The molecular formula is C16H15N7O4. The highest BCUT2D eigenvalue weighted by Gasteiger charge is 2.07. The Balaban J connectivity index is 1.94. The van der Waals surface area contributed by atoms with Crippen LogP contribution in [0.2, 0.25) is 0 Å². The van der Waals surface area contributed by atoms with Crippen molar-refractivity contribution in [2.75, 3.05) is 7.11 Å². The van der Waals surface area contributed by atoms with Gasteiger partial charge in [-0.1, -0.05) is 0 Å². The number of aromatic hydroxyl groups is 1. The van der Waals surface area contributed by atoms with E-state index in [4.69, 9.17) is 10.5 Å². The van der Waals surface area contributed by atoms with E-state index in [1.165, 1.54) is 0 Å². The highest BCUT2D eigenvalue weighted by atomic mass is 16.5. The van der Waals surface area contributed by atoms with E-state index in [0.717, 1.165) is 11.6 Å². The summed E-state index contributed by atoms with van der Waals surface area (Å²) in [5.74, 6) is -0.112. The number of hydrogen-bond acceptors (Lipinski definition) is 7. The first kappa shape index (κ1) is 17.8. The normalized spacial score (nSPS) is 12.0. The second-order valence-electron chi connectivity index (χ2n) is 5.39. The van der Waals surface area contributed by atoms with Gasteiger partial charge in [-0.05, 0) is 25.1 Å². The molecule has 0 aliphatic heterocycles. The minimum absolute atomic E-state index is 0.0828. The molecule has 0 aliphatic carbocycles. The molecule has 0 unspecified atom stereocenters. The molecule has 0 saturated carbocycles.